The summed E-state index contributed by atoms with van der Waals surface area (Å²) in [6.07, 6.45) is 1.51. The Balaban J connectivity index is 2.01. The summed E-state index contributed by atoms with van der Waals surface area (Å²) in [7, 11) is 0. The van der Waals surface area contributed by atoms with Crippen molar-refractivity contribution in [3.63, 3.8) is 0 Å². The third-order valence-electron chi connectivity index (χ3n) is 2.67. The number of hydrogen-bond acceptors (Lipinski definition) is 2. The Morgan fingerprint density at radius 3 is 2.68 bits per heavy atom. The van der Waals surface area contributed by atoms with E-state index < -0.39 is 5.82 Å². The van der Waals surface area contributed by atoms with Gasteiger partial charge in [-0.1, -0.05) is 24.3 Å². The number of aromatic nitrogens is 2. The molecule has 0 spiro atoms. The number of hydrogen-bond donors (Lipinski definition) is 0. The monoisotopic (exact) mass is 248 g/mol. The van der Waals surface area contributed by atoms with Crippen molar-refractivity contribution in [2.75, 3.05) is 0 Å². The summed E-state index contributed by atoms with van der Waals surface area (Å²) in [5.41, 5.74) is 1.61. The quantitative estimate of drug-likeness (QED) is 0.571. The Kier molecular flexibility index (Phi) is 2.91. The molecule has 3 heteroatoms. The summed E-state index contributed by atoms with van der Waals surface area (Å²) in [6.45, 7) is 0. The molecule has 0 aliphatic carbocycles. The molecular formula is C16H9FN2. The first-order valence-electron chi connectivity index (χ1n) is 5.81. The van der Waals surface area contributed by atoms with E-state index in [1.165, 1.54) is 18.3 Å². The topological polar surface area (TPSA) is 25.8 Å². The van der Waals surface area contributed by atoms with Gasteiger partial charge in [0, 0.05) is 11.6 Å². The smallest absolute Gasteiger partial charge is 0.157 e. The maximum atomic E-state index is 13.4. The van der Waals surface area contributed by atoms with Crippen molar-refractivity contribution in [2.45, 2.75) is 0 Å². The fourth-order valence-corrected chi connectivity index (χ4v) is 1.74. The highest BCUT2D eigenvalue weighted by Gasteiger charge is 1.98. The molecule has 2 nitrogen and oxygen atoms in total. The molecule has 0 aliphatic heterocycles. The molecule has 0 unspecified atom stereocenters. The first-order chi connectivity index (χ1) is 9.33. The zero-order valence-corrected chi connectivity index (χ0v) is 9.97. The average Bonchev–Trinajstić information content (AvgIpc) is 2.46. The van der Waals surface area contributed by atoms with Crippen LogP contribution in [0.1, 0.15) is 11.4 Å². The van der Waals surface area contributed by atoms with Crippen molar-refractivity contribution >= 4 is 10.9 Å². The number of benzene rings is 1. The first kappa shape index (κ1) is 11.4. The van der Waals surface area contributed by atoms with Crippen LogP contribution >= 0.6 is 0 Å². The van der Waals surface area contributed by atoms with Gasteiger partial charge < -0.3 is 0 Å². The van der Waals surface area contributed by atoms with Crippen LogP contribution in [-0.4, -0.2) is 9.97 Å². The molecular weight excluding hydrogens is 239 g/mol. The molecule has 0 N–H and O–H groups in total. The SMILES string of the molecule is Fc1cccnc1C#Cc1ccc2ccccc2n1. The molecule has 0 aliphatic rings. The number of fused-ring (bicyclic) bond motifs is 1. The number of para-hydroxylation sites is 1. The Labute approximate surface area is 110 Å². The van der Waals surface area contributed by atoms with Crippen LogP contribution in [0.2, 0.25) is 0 Å². The first-order valence-corrected chi connectivity index (χ1v) is 5.81. The summed E-state index contributed by atoms with van der Waals surface area (Å²) in [5, 5.41) is 1.05. The van der Waals surface area contributed by atoms with Gasteiger partial charge in [-0.15, -0.1) is 0 Å². The molecule has 3 aromatic rings. The lowest BCUT2D eigenvalue weighted by atomic mass is 10.2. The predicted octanol–water partition coefficient (Wildman–Crippen LogP) is 3.17. The summed E-state index contributed by atoms with van der Waals surface area (Å²) < 4.78 is 13.4. The van der Waals surface area contributed by atoms with Gasteiger partial charge in [0.15, 0.2) is 5.82 Å². The molecule has 0 radical (unpaired) electrons. The molecule has 2 heterocycles. The van der Waals surface area contributed by atoms with Gasteiger partial charge in [-0.25, -0.2) is 14.4 Å². The highest BCUT2D eigenvalue weighted by Crippen LogP contribution is 2.11. The zero-order chi connectivity index (χ0) is 13.1. The fourth-order valence-electron chi connectivity index (χ4n) is 1.74. The van der Waals surface area contributed by atoms with E-state index in [0.29, 0.717) is 5.69 Å². The maximum absolute atomic E-state index is 13.4. The number of nitrogens with zero attached hydrogens (tertiary/aromatic N) is 2. The summed E-state index contributed by atoms with van der Waals surface area (Å²) in [5.74, 6) is 5.11. The molecule has 0 atom stereocenters. The normalized spacial score (nSPS) is 9.95. The van der Waals surface area contributed by atoms with Crippen LogP contribution < -0.4 is 0 Å². The van der Waals surface area contributed by atoms with E-state index in [0.717, 1.165) is 10.9 Å². The second-order valence-electron chi connectivity index (χ2n) is 3.97. The molecule has 0 bridgehead atoms. The van der Waals surface area contributed by atoms with Crippen molar-refractivity contribution in [1.29, 1.82) is 0 Å². The van der Waals surface area contributed by atoms with Crippen LogP contribution in [0.25, 0.3) is 10.9 Å². The van der Waals surface area contributed by atoms with E-state index in [-0.39, 0.29) is 5.69 Å². The highest BCUT2D eigenvalue weighted by atomic mass is 19.1. The largest absolute Gasteiger partial charge is 0.245 e. The standard InChI is InChI=1S/C16H9FN2/c17-14-5-3-11-18-16(14)10-9-13-8-7-12-4-1-2-6-15(12)19-13/h1-8,11H. The molecule has 0 fully saturated rings. The molecule has 0 saturated carbocycles. The predicted molar refractivity (Wildman–Crippen MR) is 71.9 cm³/mol. The molecule has 0 saturated heterocycles. The Morgan fingerprint density at radius 1 is 0.895 bits per heavy atom. The van der Waals surface area contributed by atoms with Crippen molar-refractivity contribution in [2.24, 2.45) is 0 Å². The summed E-state index contributed by atoms with van der Waals surface area (Å²) in [4.78, 5) is 8.28. The molecule has 1 aromatic carbocycles. The number of rotatable bonds is 0. The summed E-state index contributed by atoms with van der Waals surface area (Å²) in [6, 6.07) is 14.4. The van der Waals surface area contributed by atoms with Crippen LogP contribution in [0.3, 0.4) is 0 Å². The van der Waals surface area contributed by atoms with Gasteiger partial charge in [-0.2, -0.15) is 0 Å². The fraction of sp³-hybridized carbons (Fsp3) is 0. The van der Waals surface area contributed by atoms with E-state index in [1.54, 1.807) is 0 Å². The lowest BCUT2D eigenvalue weighted by Crippen LogP contribution is -1.88. The Bertz CT molecular complexity index is 800. The molecule has 19 heavy (non-hydrogen) atoms. The van der Waals surface area contributed by atoms with Gasteiger partial charge in [-0.05, 0) is 36.1 Å². The average molecular weight is 248 g/mol. The minimum absolute atomic E-state index is 0.137. The van der Waals surface area contributed by atoms with Crippen LogP contribution in [0.15, 0.2) is 54.7 Å². The van der Waals surface area contributed by atoms with Crippen LogP contribution in [-0.2, 0) is 0 Å². The minimum atomic E-state index is -0.421. The second-order valence-corrected chi connectivity index (χ2v) is 3.97. The Morgan fingerprint density at radius 2 is 1.79 bits per heavy atom. The van der Waals surface area contributed by atoms with Crippen LogP contribution in [0, 0.1) is 17.7 Å². The highest BCUT2D eigenvalue weighted by molar-refractivity contribution is 5.78. The van der Waals surface area contributed by atoms with E-state index >= 15 is 0 Å². The van der Waals surface area contributed by atoms with Gasteiger partial charge in [0.05, 0.1) is 5.52 Å². The third-order valence-corrected chi connectivity index (χ3v) is 2.67. The van der Waals surface area contributed by atoms with E-state index in [4.69, 9.17) is 0 Å². The number of pyridine rings is 2. The Hall–Kier alpha value is -2.73. The molecule has 90 valence electrons. The van der Waals surface area contributed by atoms with E-state index in [2.05, 4.69) is 21.8 Å². The van der Waals surface area contributed by atoms with Gasteiger partial charge in [0.25, 0.3) is 0 Å². The van der Waals surface area contributed by atoms with Crippen molar-refractivity contribution in [1.82, 2.24) is 9.97 Å². The molecule has 0 amide bonds. The number of halogens is 1. The molecule has 2 aromatic heterocycles. The second kappa shape index (κ2) is 4.87. The molecule has 3 rings (SSSR count). The van der Waals surface area contributed by atoms with Crippen LogP contribution in [0.5, 0.6) is 0 Å². The summed E-state index contributed by atoms with van der Waals surface area (Å²) >= 11 is 0. The van der Waals surface area contributed by atoms with Gasteiger partial charge in [0.2, 0.25) is 0 Å². The third kappa shape index (κ3) is 2.43. The lowest BCUT2D eigenvalue weighted by Gasteiger charge is -1.96. The lowest BCUT2D eigenvalue weighted by molar-refractivity contribution is 0.617. The zero-order valence-electron chi connectivity index (χ0n) is 9.97. The van der Waals surface area contributed by atoms with Crippen molar-refractivity contribution in [3.05, 3.63) is 71.9 Å². The van der Waals surface area contributed by atoms with Crippen LogP contribution in [0.4, 0.5) is 4.39 Å². The minimum Gasteiger partial charge on any atom is -0.245 e. The van der Waals surface area contributed by atoms with Gasteiger partial charge >= 0.3 is 0 Å². The van der Waals surface area contributed by atoms with Gasteiger partial charge in [0.1, 0.15) is 11.4 Å². The van der Waals surface area contributed by atoms with Crippen molar-refractivity contribution in [3.8, 4) is 11.8 Å². The van der Waals surface area contributed by atoms with E-state index in [1.807, 2.05) is 36.4 Å². The van der Waals surface area contributed by atoms with Gasteiger partial charge in [-0.3, -0.25) is 0 Å². The maximum Gasteiger partial charge on any atom is 0.157 e. The van der Waals surface area contributed by atoms with Crippen molar-refractivity contribution < 1.29 is 4.39 Å². The van der Waals surface area contributed by atoms with E-state index in [9.17, 15) is 4.39 Å².